The zero-order valence-electron chi connectivity index (χ0n) is 17.3. The summed E-state index contributed by atoms with van der Waals surface area (Å²) >= 11 is 18.6. The molecule has 0 fully saturated rings. The summed E-state index contributed by atoms with van der Waals surface area (Å²) in [4.78, 5) is 11.2. The number of nitrogens with zero attached hydrogens (tertiary/aromatic N) is 1. The van der Waals surface area contributed by atoms with Crippen LogP contribution >= 0.6 is 34.8 Å². The molecule has 0 radical (unpaired) electrons. The van der Waals surface area contributed by atoms with Gasteiger partial charge in [0.05, 0.1) is 17.1 Å². The zero-order valence-corrected chi connectivity index (χ0v) is 20.5. The molecule has 0 saturated carbocycles. The average Bonchev–Trinajstić information content (AvgIpc) is 2.82. The summed E-state index contributed by atoms with van der Waals surface area (Å²) in [5.41, 5.74) is 0.514. The highest BCUT2D eigenvalue weighted by Crippen LogP contribution is 2.22. The maximum Gasteiger partial charge on any atom is 0.288 e. The van der Waals surface area contributed by atoms with Crippen LogP contribution in [0.4, 0.5) is 5.69 Å². The van der Waals surface area contributed by atoms with Crippen molar-refractivity contribution in [1.82, 2.24) is 0 Å². The van der Waals surface area contributed by atoms with Crippen molar-refractivity contribution in [3.63, 3.8) is 0 Å². The second kappa shape index (κ2) is 10.1. The van der Waals surface area contributed by atoms with E-state index in [2.05, 4.69) is 0 Å². The summed E-state index contributed by atoms with van der Waals surface area (Å²) in [5, 5.41) is 16.2. The Morgan fingerprint density at radius 2 is 1.06 bits per heavy atom. The Morgan fingerprint density at radius 3 is 1.45 bits per heavy atom. The molecule has 33 heavy (non-hydrogen) atoms. The van der Waals surface area contributed by atoms with E-state index < -0.39 is 13.2 Å². The number of nitro benzene ring substituents is 1. The van der Waals surface area contributed by atoms with Gasteiger partial charge in [-0.15, -0.1) is 0 Å². The molecule has 4 aromatic carbocycles. The van der Waals surface area contributed by atoms with E-state index in [9.17, 15) is 10.1 Å². The number of nitro groups is 1. The summed E-state index contributed by atoms with van der Waals surface area (Å²) in [6.07, 6.45) is 0. The van der Waals surface area contributed by atoms with E-state index in [0.717, 1.165) is 15.6 Å². The Bertz CT molecular complexity index is 1150. The van der Waals surface area contributed by atoms with Gasteiger partial charge in [0, 0.05) is 21.1 Å². The molecule has 0 aliphatic heterocycles. The molecule has 0 atom stereocenters. The van der Waals surface area contributed by atoms with Crippen LogP contribution in [0.3, 0.4) is 0 Å². The van der Waals surface area contributed by atoms with E-state index in [1.165, 1.54) is 6.07 Å². The molecule has 4 nitrogen and oxygen atoms in total. The minimum atomic E-state index is -3.13. The Balaban J connectivity index is 1.93. The maximum absolute atomic E-state index is 11.6. The third kappa shape index (κ3) is 4.98. The van der Waals surface area contributed by atoms with Crippen LogP contribution in [0.5, 0.6) is 0 Å². The first-order chi connectivity index (χ1) is 15.9. The number of benzene rings is 4. The molecule has 0 saturated heterocycles. The number of para-hydroxylation sites is 1. The molecule has 0 aliphatic rings. The molecule has 0 amide bonds. The lowest BCUT2D eigenvalue weighted by molar-refractivity contribution is -0.385. The average molecular weight is 515 g/mol. The number of hydrogen-bond acceptors (Lipinski definition) is 3. The van der Waals surface area contributed by atoms with Gasteiger partial charge >= 0.3 is 0 Å². The Kier molecular flexibility index (Phi) is 7.17. The van der Waals surface area contributed by atoms with Crippen LogP contribution in [-0.2, 0) is 11.0 Å². The third-order valence-electron chi connectivity index (χ3n) is 5.38. The van der Waals surface area contributed by atoms with Crippen molar-refractivity contribution in [3.8, 4) is 0 Å². The molecule has 0 bridgehead atoms. The van der Waals surface area contributed by atoms with Crippen LogP contribution in [0, 0.1) is 10.1 Å². The smallest absolute Gasteiger partial charge is 0.288 e. The van der Waals surface area contributed by atoms with Crippen LogP contribution < -0.4 is 15.6 Å². The lowest BCUT2D eigenvalue weighted by Gasteiger charge is -2.33. The molecule has 0 aliphatic carbocycles. The monoisotopic (exact) mass is 513 g/mol. The van der Waals surface area contributed by atoms with E-state index in [4.69, 9.17) is 39.2 Å². The summed E-state index contributed by atoms with van der Waals surface area (Å²) < 4.78 is 6.79. The summed E-state index contributed by atoms with van der Waals surface area (Å²) in [5.74, 6) is 0. The van der Waals surface area contributed by atoms with E-state index in [0.29, 0.717) is 20.6 Å². The molecule has 166 valence electrons. The largest absolute Gasteiger partial charge is 0.399 e. The van der Waals surface area contributed by atoms with Crippen molar-refractivity contribution in [2.45, 2.75) is 6.61 Å². The predicted molar refractivity (Wildman–Crippen MR) is 137 cm³/mol. The zero-order chi connectivity index (χ0) is 23.4. The van der Waals surface area contributed by atoms with Gasteiger partial charge in [0.1, 0.15) is 0 Å². The van der Waals surface area contributed by atoms with Gasteiger partial charge in [-0.25, -0.2) is 0 Å². The molecule has 4 rings (SSSR count). The predicted octanol–water partition coefficient (Wildman–Crippen LogP) is 5.74. The molecule has 8 heteroatoms. The highest BCUT2D eigenvalue weighted by molar-refractivity contribution is 7.07. The quantitative estimate of drug-likeness (QED) is 0.137. The van der Waals surface area contributed by atoms with Gasteiger partial charge < -0.3 is 4.43 Å². The summed E-state index contributed by atoms with van der Waals surface area (Å²) in [6.45, 7) is 0.0528. The second-order valence-corrected chi connectivity index (χ2v) is 12.1. The molecular formula is C25H18Cl3NO3Si. The van der Waals surface area contributed by atoms with Crippen molar-refractivity contribution in [2.24, 2.45) is 0 Å². The maximum atomic E-state index is 11.6. The summed E-state index contributed by atoms with van der Waals surface area (Å²) in [6, 6.07) is 29.2. The fourth-order valence-corrected chi connectivity index (χ4v) is 7.96. The van der Waals surface area contributed by atoms with Crippen LogP contribution in [0.1, 0.15) is 5.56 Å². The van der Waals surface area contributed by atoms with Gasteiger partial charge in [0.2, 0.25) is 0 Å². The minimum absolute atomic E-state index is 0.0173. The summed E-state index contributed by atoms with van der Waals surface area (Å²) in [7, 11) is -3.13. The van der Waals surface area contributed by atoms with Crippen LogP contribution in [-0.4, -0.2) is 13.2 Å². The SMILES string of the molecule is O=[N+]([O-])c1ccccc1CO[Si](c1ccc(Cl)cc1)(c1ccc(Cl)cc1)c1ccc(Cl)cc1. The normalized spacial score (nSPS) is 11.4. The molecule has 4 aromatic rings. The number of hydrogen-bond donors (Lipinski definition) is 0. The number of rotatable bonds is 7. The Morgan fingerprint density at radius 1 is 0.667 bits per heavy atom. The van der Waals surface area contributed by atoms with Crippen molar-refractivity contribution in [2.75, 3.05) is 0 Å². The Hall–Kier alpha value is -2.67. The third-order valence-corrected chi connectivity index (χ3v) is 10.2. The van der Waals surface area contributed by atoms with Gasteiger partial charge in [-0.1, -0.05) is 83.3 Å². The highest BCUT2D eigenvalue weighted by Gasteiger charge is 2.42. The van der Waals surface area contributed by atoms with Crippen LogP contribution in [0.2, 0.25) is 15.1 Å². The fraction of sp³-hybridized carbons (Fsp3) is 0.0400. The first-order valence-electron chi connectivity index (χ1n) is 10.0. The molecule has 0 N–H and O–H groups in total. The minimum Gasteiger partial charge on any atom is -0.399 e. The van der Waals surface area contributed by atoms with Gasteiger partial charge in [-0.3, -0.25) is 10.1 Å². The fourth-order valence-electron chi connectivity index (χ4n) is 3.80. The van der Waals surface area contributed by atoms with Gasteiger partial charge in [0.15, 0.2) is 0 Å². The van der Waals surface area contributed by atoms with E-state index in [1.54, 1.807) is 18.2 Å². The topological polar surface area (TPSA) is 52.4 Å². The first-order valence-corrected chi connectivity index (χ1v) is 13.1. The molecule has 0 spiro atoms. The molecule has 0 unspecified atom stereocenters. The second-order valence-electron chi connectivity index (χ2n) is 7.38. The van der Waals surface area contributed by atoms with Gasteiger partial charge in [-0.2, -0.15) is 0 Å². The van der Waals surface area contributed by atoms with Crippen molar-refractivity contribution < 1.29 is 9.35 Å². The van der Waals surface area contributed by atoms with Crippen LogP contribution in [0.25, 0.3) is 0 Å². The molecule has 0 heterocycles. The molecular weight excluding hydrogens is 497 g/mol. The molecule has 0 aromatic heterocycles. The van der Waals surface area contributed by atoms with Crippen molar-refractivity contribution in [1.29, 1.82) is 0 Å². The number of halogens is 3. The van der Waals surface area contributed by atoms with Gasteiger partial charge in [0.25, 0.3) is 14.0 Å². The standard InChI is InChI=1S/C25H18Cl3NO3Si/c26-19-5-11-22(12-6-19)33(23-13-7-20(27)8-14-23,24-15-9-21(28)10-16-24)32-17-18-3-1-2-4-25(18)29(30)31/h1-16H,17H2. The highest BCUT2D eigenvalue weighted by atomic mass is 35.5. The lowest BCUT2D eigenvalue weighted by Crippen LogP contribution is -2.69. The van der Waals surface area contributed by atoms with Gasteiger partial charge in [-0.05, 0) is 58.0 Å². The Labute approximate surface area is 207 Å². The van der Waals surface area contributed by atoms with Crippen LogP contribution in [0.15, 0.2) is 97.1 Å². The van der Waals surface area contributed by atoms with Crippen molar-refractivity contribution in [3.05, 3.63) is 128 Å². The van der Waals surface area contributed by atoms with E-state index in [-0.39, 0.29) is 12.3 Å². The van der Waals surface area contributed by atoms with E-state index in [1.807, 2.05) is 72.8 Å². The van der Waals surface area contributed by atoms with E-state index >= 15 is 0 Å². The lowest BCUT2D eigenvalue weighted by atomic mass is 10.2. The van der Waals surface area contributed by atoms with Crippen molar-refractivity contribution >= 4 is 64.4 Å². The first kappa shape index (κ1) is 23.5.